The number of hydrogen-bond acceptors (Lipinski definition) is 4. The van der Waals surface area contributed by atoms with Gasteiger partial charge in [-0.2, -0.15) is 0 Å². The Morgan fingerprint density at radius 1 is 1.08 bits per heavy atom. The highest BCUT2D eigenvalue weighted by Crippen LogP contribution is 2.29. The lowest BCUT2D eigenvalue weighted by atomic mass is 10.1. The fourth-order valence-corrected chi connectivity index (χ4v) is 3.43. The molecule has 0 bridgehead atoms. The summed E-state index contributed by atoms with van der Waals surface area (Å²) >= 11 is 12.1. The van der Waals surface area contributed by atoms with Crippen LogP contribution in [0.2, 0.25) is 10.0 Å². The maximum absolute atomic E-state index is 12.6. The number of amides is 1. The Bertz CT molecular complexity index is 928. The lowest BCUT2D eigenvalue weighted by Gasteiger charge is -2.27. The number of benzene rings is 2. The second-order valence-electron chi connectivity index (χ2n) is 5.90. The molecule has 1 N–H and O–H groups in total. The first-order valence-corrected chi connectivity index (χ1v) is 8.73. The van der Waals surface area contributed by atoms with Crippen LogP contribution in [0.15, 0.2) is 40.8 Å². The summed E-state index contributed by atoms with van der Waals surface area (Å²) < 4.78 is 5.83. The van der Waals surface area contributed by atoms with E-state index in [0.29, 0.717) is 51.3 Å². The van der Waals surface area contributed by atoms with Gasteiger partial charge in [0, 0.05) is 47.4 Å². The van der Waals surface area contributed by atoms with Gasteiger partial charge in [0.1, 0.15) is 5.52 Å². The molecule has 1 aliphatic heterocycles. The molecule has 0 unspecified atom stereocenters. The van der Waals surface area contributed by atoms with Crippen LogP contribution in [-0.2, 0) is 0 Å². The van der Waals surface area contributed by atoms with Crippen LogP contribution in [0.25, 0.3) is 22.6 Å². The number of rotatable bonds is 2. The van der Waals surface area contributed by atoms with Crippen LogP contribution in [0.5, 0.6) is 0 Å². The minimum Gasteiger partial charge on any atom is -0.436 e. The molecule has 1 amide bonds. The van der Waals surface area contributed by atoms with Crippen molar-refractivity contribution in [3.8, 4) is 11.5 Å². The molecule has 128 valence electrons. The highest BCUT2D eigenvalue weighted by atomic mass is 35.5. The zero-order valence-corrected chi connectivity index (χ0v) is 14.8. The van der Waals surface area contributed by atoms with Gasteiger partial charge in [-0.25, -0.2) is 4.98 Å². The van der Waals surface area contributed by atoms with E-state index in [9.17, 15) is 4.79 Å². The number of carbonyl (C=O) groups is 1. The Morgan fingerprint density at radius 3 is 2.52 bits per heavy atom. The Labute approximate surface area is 154 Å². The van der Waals surface area contributed by atoms with Crippen molar-refractivity contribution in [2.45, 2.75) is 0 Å². The maximum Gasteiger partial charge on any atom is 0.254 e. The smallest absolute Gasteiger partial charge is 0.254 e. The summed E-state index contributed by atoms with van der Waals surface area (Å²) in [5.41, 5.74) is 2.54. The average molecular weight is 376 g/mol. The van der Waals surface area contributed by atoms with Crippen LogP contribution in [0.4, 0.5) is 0 Å². The van der Waals surface area contributed by atoms with Crippen molar-refractivity contribution in [3.05, 3.63) is 52.0 Å². The first-order valence-electron chi connectivity index (χ1n) is 7.97. The number of oxazole rings is 1. The van der Waals surface area contributed by atoms with Crippen molar-refractivity contribution in [2.75, 3.05) is 26.2 Å². The number of hydrogen-bond donors (Lipinski definition) is 1. The number of piperazine rings is 1. The Balaban J connectivity index is 1.68. The van der Waals surface area contributed by atoms with E-state index >= 15 is 0 Å². The monoisotopic (exact) mass is 375 g/mol. The van der Waals surface area contributed by atoms with Gasteiger partial charge in [-0.15, -0.1) is 0 Å². The predicted octanol–water partition coefficient (Wildman–Crippen LogP) is 3.85. The number of nitrogens with zero attached hydrogens (tertiary/aromatic N) is 2. The molecule has 0 saturated carbocycles. The number of aromatic nitrogens is 1. The van der Waals surface area contributed by atoms with E-state index in [1.54, 1.807) is 36.4 Å². The van der Waals surface area contributed by atoms with E-state index in [1.807, 2.05) is 4.90 Å². The Hall–Kier alpha value is -2.08. The van der Waals surface area contributed by atoms with Crippen LogP contribution in [0.3, 0.4) is 0 Å². The summed E-state index contributed by atoms with van der Waals surface area (Å²) in [4.78, 5) is 18.9. The van der Waals surface area contributed by atoms with Gasteiger partial charge in [0.05, 0.1) is 0 Å². The normalized spacial score (nSPS) is 14.9. The molecular weight excluding hydrogens is 361 g/mol. The van der Waals surface area contributed by atoms with Gasteiger partial charge in [0.2, 0.25) is 5.89 Å². The molecule has 5 nitrogen and oxygen atoms in total. The topological polar surface area (TPSA) is 58.4 Å². The molecule has 1 fully saturated rings. The van der Waals surface area contributed by atoms with Crippen molar-refractivity contribution in [1.82, 2.24) is 15.2 Å². The molecule has 4 rings (SSSR count). The molecule has 2 heterocycles. The molecule has 1 aromatic heterocycles. The summed E-state index contributed by atoms with van der Waals surface area (Å²) in [6, 6.07) is 10.5. The Morgan fingerprint density at radius 2 is 1.80 bits per heavy atom. The average Bonchev–Trinajstić information content (AvgIpc) is 3.04. The molecule has 0 atom stereocenters. The van der Waals surface area contributed by atoms with Gasteiger partial charge < -0.3 is 14.6 Å². The van der Waals surface area contributed by atoms with Gasteiger partial charge >= 0.3 is 0 Å². The van der Waals surface area contributed by atoms with Crippen LogP contribution in [0.1, 0.15) is 10.4 Å². The van der Waals surface area contributed by atoms with Crippen molar-refractivity contribution < 1.29 is 9.21 Å². The molecular formula is C18H15Cl2N3O2. The predicted molar refractivity (Wildman–Crippen MR) is 98.2 cm³/mol. The van der Waals surface area contributed by atoms with E-state index in [2.05, 4.69) is 10.3 Å². The third-order valence-electron chi connectivity index (χ3n) is 4.15. The molecule has 1 saturated heterocycles. The van der Waals surface area contributed by atoms with Crippen LogP contribution < -0.4 is 5.32 Å². The van der Waals surface area contributed by atoms with Gasteiger partial charge in [0.25, 0.3) is 5.91 Å². The third-order valence-corrected chi connectivity index (χ3v) is 4.59. The molecule has 25 heavy (non-hydrogen) atoms. The highest BCUT2D eigenvalue weighted by Gasteiger charge is 2.19. The number of carbonyl (C=O) groups excluding carboxylic acids is 1. The highest BCUT2D eigenvalue weighted by molar-refractivity contribution is 6.35. The van der Waals surface area contributed by atoms with Crippen LogP contribution in [0, 0.1) is 0 Å². The first kappa shape index (κ1) is 16.4. The third kappa shape index (κ3) is 3.35. The van der Waals surface area contributed by atoms with E-state index in [0.717, 1.165) is 13.1 Å². The molecule has 0 aliphatic carbocycles. The second-order valence-corrected chi connectivity index (χ2v) is 6.77. The number of halogens is 2. The zero-order valence-electron chi connectivity index (χ0n) is 13.3. The molecule has 0 radical (unpaired) electrons. The zero-order chi connectivity index (χ0) is 17.4. The molecule has 0 spiro atoms. The molecule has 3 aromatic rings. The van der Waals surface area contributed by atoms with Gasteiger partial charge in [-0.3, -0.25) is 4.79 Å². The van der Waals surface area contributed by atoms with Crippen LogP contribution in [-0.4, -0.2) is 42.0 Å². The SMILES string of the molecule is O=C(c1ccc2nc(-c3cc(Cl)cc(Cl)c3)oc2c1)N1CCNCC1. The molecule has 1 aliphatic rings. The summed E-state index contributed by atoms with van der Waals surface area (Å²) in [6.07, 6.45) is 0. The fraction of sp³-hybridized carbons (Fsp3) is 0.222. The molecule has 2 aromatic carbocycles. The quantitative estimate of drug-likeness (QED) is 0.738. The minimum absolute atomic E-state index is 0.00662. The maximum atomic E-state index is 12.6. The van der Waals surface area contributed by atoms with E-state index in [-0.39, 0.29) is 5.91 Å². The van der Waals surface area contributed by atoms with Crippen LogP contribution >= 0.6 is 23.2 Å². The largest absolute Gasteiger partial charge is 0.436 e. The standard InChI is InChI=1S/C18H15Cl2N3O2/c19-13-7-12(8-14(20)10-13)17-22-15-2-1-11(9-16(15)25-17)18(24)23-5-3-21-4-6-23/h1-2,7-10,21H,3-6H2. The van der Waals surface area contributed by atoms with E-state index < -0.39 is 0 Å². The number of fused-ring (bicyclic) bond motifs is 1. The lowest BCUT2D eigenvalue weighted by molar-refractivity contribution is 0.0736. The second kappa shape index (κ2) is 6.67. The van der Waals surface area contributed by atoms with Gasteiger partial charge in [-0.1, -0.05) is 23.2 Å². The minimum atomic E-state index is 0.00662. The van der Waals surface area contributed by atoms with E-state index in [1.165, 1.54) is 0 Å². The van der Waals surface area contributed by atoms with Gasteiger partial charge in [-0.05, 0) is 36.4 Å². The summed E-state index contributed by atoms with van der Waals surface area (Å²) in [7, 11) is 0. The molecule has 7 heteroatoms. The summed E-state index contributed by atoms with van der Waals surface area (Å²) in [5, 5.41) is 4.26. The number of nitrogens with one attached hydrogen (secondary N) is 1. The lowest BCUT2D eigenvalue weighted by Crippen LogP contribution is -2.46. The Kier molecular flexibility index (Phi) is 4.37. The fourth-order valence-electron chi connectivity index (χ4n) is 2.91. The van der Waals surface area contributed by atoms with Crippen molar-refractivity contribution in [2.24, 2.45) is 0 Å². The summed E-state index contributed by atoms with van der Waals surface area (Å²) in [6.45, 7) is 3.05. The summed E-state index contributed by atoms with van der Waals surface area (Å²) in [5.74, 6) is 0.429. The first-order chi connectivity index (χ1) is 12.1. The van der Waals surface area contributed by atoms with Crippen molar-refractivity contribution in [3.63, 3.8) is 0 Å². The van der Waals surface area contributed by atoms with Crippen molar-refractivity contribution in [1.29, 1.82) is 0 Å². The van der Waals surface area contributed by atoms with E-state index in [4.69, 9.17) is 27.6 Å². The van der Waals surface area contributed by atoms with Gasteiger partial charge in [0.15, 0.2) is 5.58 Å². The van der Waals surface area contributed by atoms with Crippen molar-refractivity contribution >= 4 is 40.2 Å².